The van der Waals surface area contributed by atoms with Crippen LogP contribution in [0.5, 0.6) is 0 Å². The molecule has 0 bridgehead atoms. The number of hydrogen-bond acceptors (Lipinski definition) is 6. The summed E-state index contributed by atoms with van der Waals surface area (Å²) in [6.45, 7) is 2.19. The molecular weight excluding hydrogens is 427 g/mol. The van der Waals surface area contributed by atoms with Crippen molar-refractivity contribution in [2.45, 2.75) is 122 Å². The number of unbranched alkanes of at least 4 members (excludes halogenated alkanes) is 13. The van der Waals surface area contributed by atoms with E-state index in [-0.39, 0.29) is 42.7 Å². The fraction of sp³-hybridized carbons (Fsp3) is 0.864. The number of aliphatic hydroxyl groups excluding tert-OH is 1. The van der Waals surface area contributed by atoms with E-state index in [1.165, 1.54) is 76.8 Å². The summed E-state index contributed by atoms with van der Waals surface area (Å²) >= 11 is 0. The Morgan fingerprint density at radius 2 is 1.45 bits per heavy atom. The summed E-state index contributed by atoms with van der Waals surface area (Å²) in [5.41, 5.74) is 0. The van der Waals surface area contributed by atoms with Gasteiger partial charge in [-0.25, -0.2) is 13.4 Å². The van der Waals surface area contributed by atoms with Gasteiger partial charge < -0.3 is 14.2 Å². The Hall–Kier alpha value is 0.0400. The minimum absolute atomic E-state index is 0. The molecular formula is C22H41N2NaO5S. The maximum absolute atomic E-state index is 11.0. The van der Waals surface area contributed by atoms with E-state index in [0.29, 0.717) is 12.2 Å². The van der Waals surface area contributed by atoms with Gasteiger partial charge >= 0.3 is 29.6 Å². The molecule has 31 heavy (non-hydrogen) atoms. The van der Waals surface area contributed by atoms with Gasteiger partial charge in [0.1, 0.15) is 12.4 Å². The molecule has 0 saturated heterocycles. The predicted octanol–water partition coefficient (Wildman–Crippen LogP) is 2.10. The summed E-state index contributed by atoms with van der Waals surface area (Å²) in [6, 6.07) is 0. The molecule has 0 spiro atoms. The predicted molar refractivity (Wildman–Crippen MR) is 118 cm³/mol. The van der Waals surface area contributed by atoms with Crippen molar-refractivity contribution in [1.29, 1.82) is 0 Å². The number of imidazole rings is 1. The van der Waals surface area contributed by atoms with E-state index >= 15 is 0 Å². The Labute approximate surface area is 211 Å². The second-order valence-corrected chi connectivity index (χ2v) is 9.17. The zero-order chi connectivity index (χ0) is 22.1. The summed E-state index contributed by atoms with van der Waals surface area (Å²) in [5.74, 6) is 0.424. The second kappa shape index (κ2) is 19.5. The van der Waals surface area contributed by atoms with E-state index in [1.54, 1.807) is 10.8 Å². The van der Waals surface area contributed by atoms with E-state index in [9.17, 15) is 18.1 Å². The van der Waals surface area contributed by atoms with Crippen LogP contribution < -0.4 is 29.6 Å². The van der Waals surface area contributed by atoms with Crippen molar-refractivity contribution in [3.8, 4) is 0 Å². The SMILES string of the molecule is CCCCCCCCCCCCCCCCC(Cn1ccnc1CO)OS(=O)(=O)[O-].[Na+]. The summed E-state index contributed by atoms with van der Waals surface area (Å²) in [7, 11) is -4.76. The Kier molecular flexibility index (Phi) is 19.5. The van der Waals surface area contributed by atoms with Gasteiger partial charge in [0.15, 0.2) is 0 Å². The van der Waals surface area contributed by atoms with Gasteiger partial charge in [-0.15, -0.1) is 0 Å². The largest absolute Gasteiger partial charge is 1.00 e. The molecule has 7 nitrogen and oxygen atoms in total. The molecule has 176 valence electrons. The minimum Gasteiger partial charge on any atom is -0.726 e. The second-order valence-electron chi connectivity index (χ2n) is 8.17. The molecule has 0 saturated carbocycles. The van der Waals surface area contributed by atoms with Crippen molar-refractivity contribution < 1.29 is 51.8 Å². The number of aromatic nitrogens is 2. The monoisotopic (exact) mass is 468 g/mol. The third-order valence-electron chi connectivity index (χ3n) is 5.48. The molecule has 0 fully saturated rings. The molecule has 1 unspecified atom stereocenters. The molecule has 1 heterocycles. The van der Waals surface area contributed by atoms with E-state index in [1.807, 2.05) is 0 Å². The van der Waals surface area contributed by atoms with Crippen LogP contribution in [-0.4, -0.2) is 33.7 Å². The summed E-state index contributed by atoms with van der Waals surface area (Å²) < 4.78 is 39.4. The quantitative estimate of drug-likeness (QED) is 0.136. The van der Waals surface area contributed by atoms with Crippen LogP contribution in [0.15, 0.2) is 12.4 Å². The summed E-state index contributed by atoms with van der Waals surface area (Å²) in [4.78, 5) is 3.99. The van der Waals surface area contributed by atoms with E-state index in [0.717, 1.165) is 19.3 Å². The van der Waals surface area contributed by atoms with Crippen molar-refractivity contribution in [3.05, 3.63) is 18.2 Å². The molecule has 1 N–H and O–H groups in total. The van der Waals surface area contributed by atoms with Gasteiger partial charge in [0.25, 0.3) is 0 Å². The number of aliphatic hydroxyl groups is 1. The average Bonchev–Trinajstić information content (AvgIpc) is 3.14. The third kappa shape index (κ3) is 17.2. The molecule has 0 radical (unpaired) electrons. The van der Waals surface area contributed by atoms with Crippen molar-refractivity contribution in [2.24, 2.45) is 0 Å². The summed E-state index contributed by atoms with van der Waals surface area (Å²) in [6.07, 6.45) is 20.4. The van der Waals surface area contributed by atoms with Crippen LogP contribution in [0.4, 0.5) is 0 Å². The third-order valence-corrected chi connectivity index (χ3v) is 5.98. The Morgan fingerprint density at radius 1 is 0.968 bits per heavy atom. The zero-order valence-corrected chi connectivity index (χ0v) is 22.5. The average molecular weight is 469 g/mol. The number of rotatable bonds is 20. The van der Waals surface area contributed by atoms with E-state index < -0.39 is 16.5 Å². The Balaban J connectivity index is 0.00000900. The van der Waals surface area contributed by atoms with Gasteiger partial charge in [0.05, 0.1) is 12.6 Å². The first-order chi connectivity index (χ1) is 14.5. The van der Waals surface area contributed by atoms with Crippen LogP contribution in [0.3, 0.4) is 0 Å². The normalized spacial score (nSPS) is 12.6. The van der Waals surface area contributed by atoms with Crippen LogP contribution in [0, 0.1) is 0 Å². The van der Waals surface area contributed by atoms with Crippen LogP contribution >= 0.6 is 0 Å². The fourth-order valence-electron chi connectivity index (χ4n) is 3.78. The molecule has 0 aliphatic rings. The van der Waals surface area contributed by atoms with Crippen molar-refractivity contribution in [1.82, 2.24) is 9.55 Å². The van der Waals surface area contributed by atoms with Gasteiger partial charge in [0, 0.05) is 12.4 Å². The molecule has 9 heteroatoms. The van der Waals surface area contributed by atoms with Crippen molar-refractivity contribution >= 4 is 10.4 Å². The van der Waals surface area contributed by atoms with Gasteiger partial charge in [-0.3, -0.25) is 4.18 Å². The van der Waals surface area contributed by atoms with E-state index in [4.69, 9.17) is 4.18 Å². The standard InChI is InChI=1S/C22H42N2O5S.Na/c1-2-3-4-5-6-7-8-9-10-11-12-13-14-15-16-21(29-30(26,27)28)19-24-18-17-23-22(24)20-25;/h17-18,21,25H,2-16,19-20H2,1H3,(H,26,27,28);/q;+1/p-1. The molecule has 0 aliphatic heterocycles. The summed E-state index contributed by atoms with van der Waals surface area (Å²) in [5, 5.41) is 9.26. The van der Waals surface area contributed by atoms with Crippen molar-refractivity contribution in [2.75, 3.05) is 0 Å². The molecule has 1 aromatic heterocycles. The number of nitrogens with zero attached hydrogens (tertiary/aromatic N) is 2. The van der Waals surface area contributed by atoms with Gasteiger partial charge in [-0.1, -0.05) is 96.8 Å². The smallest absolute Gasteiger partial charge is 0.726 e. The van der Waals surface area contributed by atoms with Crippen LogP contribution in [0.1, 0.15) is 109 Å². The van der Waals surface area contributed by atoms with Gasteiger partial charge in [0.2, 0.25) is 10.4 Å². The molecule has 0 amide bonds. The molecule has 1 atom stereocenters. The fourth-order valence-corrected chi connectivity index (χ4v) is 4.27. The molecule has 1 aromatic rings. The van der Waals surface area contributed by atoms with Crippen LogP contribution in [0.2, 0.25) is 0 Å². The molecule has 1 rings (SSSR count). The maximum atomic E-state index is 11.0. The van der Waals surface area contributed by atoms with Gasteiger partial charge in [-0.05, 0) is 6.42 Å². The van der Waals surface area contributed by atoms with Crippen molar-refractivity contribution in [3.63, 3.8) is 0 Å². The van der Waals surface area contributed by atoms with Crippen LogP contribution in [-0.2, 0) is 27.7 Å². The zero-order valence-electron chi connectivity index (χ0n) is 19.6. The topological polar surface area (TPSA) is 104 Å². The first-order valence-electron chi connectivity index (χ1n) is 11.7. The first-order valence-corrected chi connectivity index (χ1v) is 13.0. The van der Waals surface area contributed by atoms with Gasteiger partial charge in [-0.2, -0.15) is 0 Å². The van der Waals surface area contributed by atoms with E-state index in [2.05, 4.69) is 11.9 Å². The van der Waals surface area contributed by atoms with Crippen LogP contribution in [0.25, 0.3) is 0 Å². The maximum Gasteiger partial charge on any atom is 1.00 e. The molecule has 0 aromatic carbocycles. The first kappa shape index (κ1) is 31.0. The number of hydrogen-bond donors (Lipinski definition) is 1. The Morgan fingerprint density at radius 3 is 1.90 bits per heavy atom. The Bertz CT molecular complexity index is 640. The minimum atomic E-state index is -4.76. The molecule has 0 aliphatic carbocycles.